The van der Waals surface area contributed by atoms with Crippen LogP contribution >= 0.6 is 0 Å². The van der Waals surface area contributed by atoms with Crippen LogP contribution in [0.1, 0.15) is 52.3 Å². The minimum Gasteiger partial charge on any atom is -0.444 e. The number of ether oxygens (including phenoxy) is 1. The molecule has 1 amide bonds. The quantitative estimate of drug-likeness (QED) is 0.617. The first-order valence-electron chi connectivity index (χ1n) is 7.20. The van der Waals surface area contributed by atoms with Gasteiger partial charge in [0, 0.05) is 0 Å². The largest absolute Gasteiger partial charge is 0.444 e. The molecule has 0 aliphatic rings. The molecular weight excluding hydrogens is 252 g/mol. The molecule has 1 unspecified atom stereocenters. The predicted molar refractivity (Wildman–Crippen MR) is 81.5 cm³/mol. The van der Waals surface area contributed by atoms with Crippen molar-refractivity contribution in [2.24, 2.45) is 0 Å². The molecule has 0 saturated carbocycles. The summed E-state index contributed by atoms with van der Waals surface area (Å²) in [7, 11) is 0. The van der Waals surface area contributed by atoms with Crippen LogP contribution in [0.3, 0.4) is 0 Å². The molecule has 1 aromatic carbocycles. The van der Waals surface area contributed by atoms with E-state index in [1.54, 1.807) is 0 Å². The molecule has 0 aliphatic heterocycles. The average Bonchev–Trinajstić information content (AvgIpc) is 2.37. The Bertz CT molecular complexity index is 399. The molecule has 2 N–H and O–H groups in total. The van der Waals surface area contributed by atoms with E-state index < -0.39 is 11.7 Å². The highest BCUT2D eigenvalue weighted by Crippen LogP contribution is 2.12. The van der Waals surface area contributed by atoms with E-state index in [0.717, 1.165) is 24.9 Å². The van der Waals surface area contributed by atoms with Gasteiger partial charge < -0.3 is 10.1 Å². The highest BCUT2D eigenvalue weighted by Gasteiger charge is 2.19. The Morgan fingerprint density at radius 2 is 1.90 bits per heavy atom. The number of alkyl carbamates (subject to hydrolysis) is 1. The van der Waals surface area contributed by atoms with Gasteiger partial charge in [0.2, 0.25) is 0 Å². The fourth-order valence-corrected chi connectivity index (χ4v) is 1.75. The number of benzene rings is 1. The summed E-state index contributed by atoms with van der Waals surface area (Å²) >= 11 is 0. The topological polar surface area (TPSA) is 50.4 Å². The van der Waals surface area contributed by atoms with Gasteiger partial charge >= 0.3 is 6.09 Å². The van der Waals surface area contributed by atoms with Crippen molar-refractivity contribution in [2.75, 3.05) is 6.54 Å². The molecule has 0 heterocycles. The van der Waals surface area contributed by atoms with Crippen molar-refractivity contribution in [3.05, 3.63) is 35.9 Å². The molecule has 0 fully saturated rings. The van der Waals surface area contributed by atoms with E-state index >= 15 is 0 Å². The van der Waals surface area contributed by atoms with Crippen LogP contribution in [0.15, 0.2) is 30.3 Å². The molecule has 0 bridgehead atoms. The lowest BCUT2D eigenvalue weighted by atomic mass is 10.1. The Hall–Kier alpha value is -1.55. The summed E-state index contributed by atoms with van der Waals surface area (Å²) < 4.78 is 5.31. The van der Waals surface area contributed by atoms with Crippen LogP contribution < -0.4 is 10.6 Å². The number of hydrogen-bond acceptors (Lipinski definition) is 3. The van der Waals surface area contributed by atoms with Crippen LogP contribution in [0.4, 0.5) is 4.79 Å². The predicted octanol–water partition coefficient (Wildman–Crippen LogP) is 3.60. The third kappa shape index (κ3) is 6.57. The van der Waals surface area contributed by atoms with Crippen molar-refractivity contribution < 1.29 is 9.53 Å². The van der Waals surface area contributed by atoms with Gasteiger partial charge in [0.25, 0.3) is 0 Å². The number of carbonyl (C=O) groups excluding carboxylic acids is 1. The van der Waals surface area contributed by atoms with Crippen LogP contribution in [0, 0.1) is 0 Å². The monoisotopic (exact) mass is 278 g/mol. The van der Waals surface area contributed by atoms with E-state index in [2.05, 4.69) is 17.6 Å². The molecule has 0 radical (unpaired) electrons. The first kappa shape index (κ1) is 16.5. The zero-order valence-electron chi connectivity index (χ0n) is 12.9. The summed E-state index contributed by atoms with van der Waals surface area (Å²) in [5.41, 5.74) is 0.531. The van der Waals surface area contributed by atoms with Crippen molar-refractivity contribution >= 4 is 6.09 Å². The maximum atomic E-state index is 11.9. The molecule has 0 aliphatic carbocycles. The van der Waals surface area contributed by atoms with Gasteiger partial charge in [0.15, 0.2) is 0 Å². The maximum absolute atomic E-state index is 11.9. The molecular formula is C16H26N2O2. The Balaban J connectivity index is 2.65. The zero-order valence-corrected chi connectivity index (χ0v) is 12.9. The maximum Gasteiger partial charge on any atom is 0.409 e. The molecule has 1 atom stereocenters. The molecule has 0 saturated heterocycles. The molecule has 4 nitrogen and oxygen atoms in total. The third-order valence-corrected chi connectivity index (χ3v) is 2.67. The summed E-state index contributed by atoms with van der Waals surface area (Å²) in [4.78, 5) is 11.9. The van der Waals surface area contributed by atoms with Gasteiger partial charge in [-0.3, -0.25) is 5.32 Å². The molecule has 0 spiro atoms. The Kier molecular flexibility index (Phi) is 6.52. The van der Waals surface area contributed by atoms with Gasteiger partial charge in [-0.15, -0.1) is 0 Å². The van der Waals surface area contributed by atoms with Gasteiger partial charge in [-0.05, 0) is 39.3 Å². The lowest BCUT2D eigenvalue weighted by molar-refractivity contribution is 0.0493. The number of unbranched alkanes of at least 4 members (excludes halogenated alkanes) is 1. The molecule has 1 rings (SSSR count). The minimum atomic E-state index is -0.491. The third-order valence-electron chi connectivity index (χ3n) is 2.67. The van der Waals surface area contributed by atoms with Crippen LogP contribution in [0.2, 0.25) is 0 Å². The number of rotatable bonds is 6. The smallest absolute Gasteiger partial charge is 0.409 e. The summed E-state index contributed by atoms with van der Waals surface area (Å²) in [6.45, 7) is 8.56. The fourth-order valence-electron chi connectivity index (χ4n) is 1.75. The van der Waals surface area contributed by atoms with Crippen molar-refractivity contribution in [1.82, 2.24) is 10.6 Å². The molecule has 112 valence electrons. The fraction of sp³-hybridized carbons (Fsp3) is 0.562. The first-order valence-corrected chi connectivity index (χ1v) is 7.20. The second-order valence-electron chi connectivity index (χ2n) is 5.80. The molecule has 1 aromatic rings. The SMILES string of the molecule is CCCCNC(NC(=O)OC(C)(C)C)c1ccccc1. The van der Waals surface area contributed by atoms with E-state index in [1.807, 2.05) is 51.1 Å². The standard InChI is InChI=1S/C16H26N2O2/c1-5-6-12-17-14(13-10-8-7-9-11-13)18-15(19)20-16(2,3)4/h7-11,14,17H,5-6,12H2,1-4H3,(H,18,19). The Morgan fingerprint density at radius 1 is 1.25 bits per heavy atom. The molecule has 4 heteroatoms. The number of nitrogens with one attached hydrogen (secondary N) is 2. The normalized spacial score (nSPS) is 12.8. The van der Waals surface area contributed by atoms with E-state index in [9.17, 15) is 4.79 Å². The summed E-state index contributed by atoms with van der Waals surface area (Å²) in [5, 5.41) is 6.22. The minimum absolute atomic E-state index is 0.224. The van der Waals surface area contributed by atoms with Gasteiger partial charge in [-0.25, -0.2) is 4.79 Å². The van der Waals surface area contributed by atoms with Gasteiger partial charge in [-0.2, -0.15) is 0 Å². The number of hydrogen-bond donors (Lipinski definition) is 2. The highest BCUT2D eigenvalue weighted by atomic mass is 16.6. The van der Waals surface area contributed by atoms with Crippen molar-refractivity contribution in [1.29, 1.82) is 0 Å². The second-order valence-corrected chi connectivity index (χ2v) is 5.80. The highest BCUT2D eigenvalue weighted by molar-refractivity contribution is 5.68. The summed E-state index contributed by atoms with van der Waals surface area (Å²) in [6, 6.07) is 9.85. The number of carbonyl (C=O) groups is 1. The van der Waals surface area contributed by atoms with E-state index in [1.165, 1.54) is 0 Å². The van der Waals surface area contributed by atoms with Crippen LogP contribution in [0.25, 0.3) is 0 Å². The van der Waals surface area contributed by atoms with Crippen LogP contribution in [-0.2, 0) is 4.74 Å². The molecule has 0 aromatic heterocycles. The van der Waals surface area contributed by atoms with Crippen LogP contribution in [-0.4, -0.2) is 18.2 Å². The summed E-state index contributed by atoms with van der Waals surface area (Å²) in [5.74, 6) is 0. The van der Waals surface area contributed by atoms with Crippen LogP contribution in [0.5, 0.6) is 0 Å². The lowest BCUT2D eigenvalue weighted by Gasteiger charge is -2.24. The second kappa shape index (κ2) is 7.90. The van der Waals surface area contributed by atoms with E-state index in [0.29, 0.717) is 0 Å². The van der Waals surface area contributed by atoms with Crippen molar-refractivity contribution in [3.63, 3.8) is 0 Å². The van der Waals surface area contributed by atoms with E-state index in [4.69, 9.17) is 4.74 Å². The lowest BCUT2D eigenvalue weighted by Crippen LogP contribution is -2.41. The Labute approximate surface area is 121 Å². The van der Waals surface area contributed by atoms with Gasteiger partial charge in [0.1, 0.15) is 11.8 Å². The Morgan fingerprint density at radius 3 is 2.45 bits per heavy atom. The average molecular weight is 278 g/mol. The molecule has 20 heavy (non-hydrogen) atoms. The summed E-state index contributed by atoms with van der Waals surface area (Å²) in [6.07, 6.45) is 1.55. The van der Waals surface area contributed by atoms with E-state index in [-0.39, 0.29) is 6.17 Å². The number of amides is 1. The zero-order chi connectivity index (χ0) is 15.0. The van der Waals surface area contributed by atoms with Gasteiger partial charge in [0.05, 0.1) is 0 Å². The van der Waals surface area contributed by atoms with Crippen molar-refractivity contribution in [2.45, 2.75) is 52.3 Å². The van der Waals surface area contributed by atoms with Crippen molar-refractivity contribution in [3.8, 4) is 0 Å². The first-order chi connectivity index (χ1) is 9.42. The van der Waals surface area contributed by atoms with Gasteiger partial charge in [-0.1, -0.05) is 43.7 Å².